The maximum Gasteiger partial charge on any atom is 0.280 e. The van der Waals surface area contributed by atoms with Gasteiger partial charge >= 0.3 is 0 Å². The SMILES string of the molecule is C[C@H]1COc2ccc(-c3ccc(C(F)F)nc3)cc2C(=O)Nc2cccc(n2)-c2nncn2[C@@H](C)C1.S. The van der Waals surface area contributed by atoms with Crippen molar-refractivity contribution in [2.45, 2.75) is 32.7 Å². The number of carbonyl (C=O) groups is 1. The summed E-state index contributed by atoms with van der Waals surface area (Å²) in [6.45, 7) is 4.57. The summed E-state index contributed by atoms with van der Waals surface area (Å²) in [5, 5.41) is 11.2. The summed E-state index contributed by atoms with van der Waals surface area (Å²) in [7, 11) is 0. The first kappa shape index (κ1) is 26.2. The number of carbonyl (C=O) groups excluding carboxylic acids is 1. The third-order valence-electron chi connectivity index (χ3n) is 6.10. The molecular formula is C26H26F2N6O2S. The number of anilines is 1. The number of nitrogens with one attached hydrogen (secondary N) is 1. The minimum atomic E-state index is -2.65. The van der Waals surface area contributed by atoms with E-state index >= 15 is 0 Å². The number of rotatable bonds is 2. The summed E-state index contributed by atoms with van der Waals surface area (Å²) in [4.78, 5) is 21.8. The van der Waals surface area contributed by atoms with Gasteiger partial charge in [-0.05, 0) is 55.2 Å². The van der Waals surface area contributed by atoms with E-state index in [2.05, 4.69) is 39.3 Å². The lowest BCUT2D eigenvalue weighted by atomic mass is 10.0. The van der Waals surface area contributed by atoms with Crippen LogP contribution in [-0.2, 0) is 0 Å². The number of pyridine rings is 2. The standard InChI is InChI=1S/C26H24F2N6O2.H2S/c1-15-10-16(2)34-14-30-33-25(34)21-4-3-5-23(31-21)32-26(35)19-11-17(7-9-22(19)36-13-15)18-6-8-20(24(27)28)29-12-18;/h3-9,11-12,14-16,24H,10,13H2,1-2H3,(H,31,32,35);1H2/t15-,16+;/m1./s1. The highest BCUT2D eigenvalue weighted by molar-refractivity contribution is 7.59. The first-order chi connectivity index (χ1) is 17.4. The van der Waals surface area contributed by atoms with Gasteiger partial charge in [0.25, 0.3) is 12.3 Å². The van der Waals surface area contributed by atoms with Crippen molar-refractivity contribution in [1.82, 2.24) is 24.7 Å². The zero-order valence-electron chi connectivity index (χ0n) is 20.2. The van der Waals surface area contributed by atoms with Crippen molar-refractivity contribution >= 4 is 25.2 Å². The van der Waals surface area contributed by atoms with Gasteiger partial charge in [0.15, 0.2) is 5.82 Å². The molecule has 1 aliphatic rings. The Morgan fingerprint density at radius 1 is 1.11 bits per heavy atom. The Morgan fingerprint density at radius 2 is 1.92 bits per heavy atom. The lowest BCUT2D eigenvalue weighted by molar-refractivity contribution is 0.102. The van der Waals surface area contributed by atoms with Gasteiger partial charge in [0.1, 0.15) is 29.3 Å². The van der Waals surface area contributed by atoms with Gasteiger partial charge < -0.3 is 14.6 Å². The Bertz CT molecular complexity index is 1400. The maximum atomic E-state index is 13.4. The van der Waals surface area contributed by atoms with Crippen LogP contribution in [0.25, 0.3) is 22.6 Å². The molecule has 8 nitrogen and oxygen atoms in total. The van der Waals surface area contributed by atoms with Crippen LogP contribution in [0.2, 0.25) is 0 Å². The number of benzene rings is 1. The van der Waals surface area contributed by atoms with Crippen LogP contribution in [0.4, 0.5) is 14.6 Å². The maximum absolute atomic E-state index is 13.4. The van der Waals surface area contributed by atoms with Crippen LogP contribution in [0.5, 0.6) is 5.75 Å². The van der Waals surface area contributed by atoms with Crippen molar-refractivity contribution in [3.05, 3.63) is 72.3 Å². The highest BCUT2D eigenvalue weighted by Gasteiger charge is 2.21. The van der Waals surface area contributed by atoms with Crippen molar-refractivity contribution in [3.63, 3.8) is 0 Å². The molecule has 37 heavy (non-hydrogen) atoms. The predicted molar refractivity (Wildman–Crippen MR) is 140 cm³/mol. The van der Waals surface area contributed by atoms with E-state index in [0.717, 1.165) is 6.42 Å². The molecule has 2 atom stereocenters. The molecule has 192 valence electrons. The van der Waals surface area contributed by atoms with Crippen molar-refractivity contribution in [3.8, 4) is 28.4 Å². The van der Waals surface area contributed by atoms with E-state index in [1.165, 1.54) is 12.3 Å². The zero-order valence-corrected chi connectivity index (χ0v) is 21.2. The van der Waals surface area contributed by atoms with Crippen molar-refractivity contribution < 1.29 is 18.3 Å². The largest absolute Gasteiger partial charge is 0.492 e. The molecule has 1 aliphatic heterocycles. The van der Waals surface area contributed by atoms with Crippen LogP contribution in [0.1, 0.15) is 48.8 Å². The smallest absolute Gasteiger partial charge is 0.280 e. The summed E-state index contributed by atoms with van der Waals surface area (Å²) in [5.74, 6) is 1.15. The molecule has 3 aromatic heterocycles. The Morgan fingerprint density at radius 3 is 2.68 bits per heavy atom. The zero-order chi connectivity index (χ0) is 25.2. The van der Waals surface area contributed by atoms with Gasteiger partial charge in [-0.3, -0.25) is 9.78 Å². The summed E-state index contributed by atoms with van der Waals surface area (Å²) in [6.07, 6.45) is 1.21. The fraction of sp³-hybridized carbons (Fsp3) is 0.269. The van der Waals surface area contributed by atoms with Gasteiger partial charge in [-0.25, -0.2) is 13.8 Å². The summed E-state index contributed by atoms with van der Waals surface area (Å²) in [5.41, 5.74) is 1.85. The van der Waals surface area contributed by atoms with Crippen LogP contribution in [0.15, 0.2) is 61.1 Å². The van der Waals surface area contributed by atoms with Gasteiger partial charge in [-0.15, -0.1) is 10.2 Å². The minimum absolute atomic E-state index is 0. The summed E-state index contributed by atoms with van der Waals surface area (Å²) in [6, 6.07) is 13.4. The van der Waals surface area contributed by atoms with E-state index in [1.54, 1.807) is 42.7 Å². The normalized spacial score (nSPS) is 17.5. The second-order valence-electron chi connectivity index (χ2n) is 8.91. The molecule has 0 saturated heterocycles. The summed E-state index contributed by atoms with van der Waals surface area (Å²) >= 11 is 0. The van der Waals surface area contributed by atoms with Crippen LogP contribution >= 0.6 is 13.5 Å². The monoisotopic (exact) mass is 524 g/mol. The molecule has 4 heterocycles. The molecule has 2 bridgehead atoms. The number of fused-ring (bicyclic) bond motifs is 5. The summed E-state index contributed by atoms with van der Waals surface area (Å²) < 4.78 is 33.9. The topological polar surface area (TPSA) is 94.8 Å². The molecule has 0 radical (unpaired) electrons. The van der Waals surface area contributed by atoms with Crippen LogP contribution in [-0.4, -0.2) is 37.2 Å². The second-order valence-corrected chi connectivity index (χ2v) is 8.91. The van der Waals surface area contributed by atoms with Crippen LogP contribution < -0.4 is 10.1 Å². The van der Waals surface area contributed by atoms with Crippen LogP contribution in [0.3, 0.4) is 0 Å². The number of nitrogens with zero attached hydrogens (tertiary/aromatic N) is 5. The Balaban J connectivity index is 0.00000320. The number of hydrogen-bond donors (Lipinski definition) is 1. The highest BCUT2D eigenvalue weighted by atomic mass is 32.1. The van der Waals surface area contributed by atoms with Gasteiger partial charge in [0.05, 0.1) is 12.2 Å². The Hall–Kier alpha value is -3.86. The fourth-order valence-electron chi connectivity index (χ4n) is 4.28. The van der Waals surface area contributed by atoms with E-state index < -0.39 is 12.3 Å². The molecule has 0 fully saturated rings. The number of hydrogen-bond acceptors (Lipinski definition) is 6. The lowest BCUT2D eigenvalue weighted by Crippen LogP contribution is -2.19. The lowest BCUT2D eigenvalue weighted by Gasteiger charge is -2.21. The Labute approximate surface area is 219 Å². The molecular weight excluding hydrogens is 498 g/mol. The quantitative estimate of drug-likeness (QED) is 0.362. The molecule has 1 amide bonds. The predicted octanol–water partition coefficient (Wildman–Crippen LogP) is 5.68. The number of amides is 1. The van der Waals surface area contributed by atoms with Gasteiger partial charge in [-0.2, -0.15) is 13.5 Å². The van der Waals surface area contributed by atoms with Gasteiger partial charge in [-0.1, -0.05) is 25.1 Å². The van der Waals surface area contributed by atoms with E-state index in [0.29, 0.717) is 46.4 Å². The van der Waals surface area contributed by atoms with Crippen molar-refractivity contribution in [2.75, 3.05) is 11.9 Å². The van der Waals surface area contributed by atoms with Crippen molar-refractivity contribution in [2.24, 2.45) is 5.92 Å². The Kier molecular flexibility index (Phi) is 7.82. The molecule has 0 saturated carbocycles. The average molecular weight is 525 g/mol. The van der Waals surface area contributed by atoms with Crippen molar-refractivity contribution in [1.29, 1.82) is 0 Å². The molecule has 5 rings (SSSR count). The number of ether oxygens (including phenoxy) is 1. The average Bonchev–Trinajstić information content (AvgIpc) is 3.37. The molecule has 11 heteroatoms. The minimum Gasteiger partial charge on any atom is -0.492 e. The molecule has 1 N–H and O–H groups in total. The molecule has 4 aromatic rings. The van der Waals surface area contributed by atoms with E-state index in [4.69, 9.17) is 4.74 Å². The van der Waals surface area contributed by atoms with E-state index in [9.17, 15) is 13.6 Å². The van der Waals surface area contributed by atoms with E-state index in [-0.39, 0.29) is 31.1 Å². The number of halogens is 2. The third-order valence-corrected chi connectivity index (χ3v) is 6.10. The van der Waals surface area contributed by atoms with E-state index in [1.807, 2.05) is 10.6 Å². The molecule has 0 spiro atoms. The highest BCUT2D eigenvalue weighted by Crippen LogP contribution is 2.30. The second kappa shape index (κ2) is 11.0. The molecule has 1 aromatic carbocycles. The molecule has 0 aliphatic carbocycles. The number of alkyl halides is 2. The first-order valence-corrected chi connectivity index (χ1v) is 11.6. The first-order valence-electron chi connectivity index (χ1n) is 11.6. The van der Waals surface area contributed by atoms with Gasteiger partial charge in [0.2, 0.25) is 0 Å². The third kappa shape index (κ3) is 5.61. The van der Waals surface area contributed by atoms with Gasteiger partial charge in [0, 0.05) is 17.8 Å². The fourth-order valence-corrected chi connectivity index (χ4v) is 4.28. The molecule has 0 unspecified atom stereocenters. The number of aromatic nitrogens is 5. The van der Waals surface area contributed by atoms with Crippen LogP contribution in [0, 0.1) is 5.92 Å².